The third-order valence-electron chi connectivity index (χ3n) is 4.60. The van der Waals surface area contributed by atoms with E-state index in [0.717, 1.165) is 25.0 Å². The number of hydrogen-bond acceptors (Lipinski definition) is 6. The molecular weight excluding hydrogens is 394 g/mol. The second-order valence-electron chi connectivity index (χ2n) is 6.63. The van der Waals surface area contributed by atoms with Gasteiger partial charge in [-0.05, 0) is 29.9 Å². The van der Waals surface area contributed by atoms with Crippen molar-refractivity contribution in [2.24, 2.45) is 0 Å². The Morgan fingerprint density at radius 3 is 2.96 bits per heavy atom. The third-order valence-corrected chi connectivity index (χ3v) is 6.47. The third kappa shape index (κ3) is 4.45. The predicted molar refractivity (Wildman–Crippen MR) is 112 cm³/mol. The second kappa shape index (κ2) is 8.89. The fraction of sp³-hybridized carbons (Fsp3) is 0.350. The van der Waals surface area contributed by atoms with E-state index in [-0.39, 0.29) is 23.3 Å². The Bertz CT molecular complexity index is 1010. The Labute approximate surface area is 170 Å². The Balaban J connectivity index is 1.50. The summed E-state index contributed by atoms with van der Waals surface area (Å²) in [4.78, 5) is 29.8. The SMILES string of the molecule is O=C(CSc1nc2ccsc2c(=O)n1Cc1ccccc1)NC[C@H]1CCCO1. The molecule has 0 saturated carbocycles. The van der Waals surface area contributed by atoms with Crippen LogP contribution in [0.5, 0.6) is 0 Å². The van der Waals surface area contributed by atoms with Gasteiger partial charge in [-0.25, -0.2) is 4.98 Å². The largest absolute Gasteiger partial charge is 0.376 e. The highest BCUT2D eigenvalue weighted by molar-refractivity contribution is 7.99. The number of aromatic nitrogens is 2. The van der Waals surface area contributed by atoms with Crippen molar-refractivity contribution in [2.75, 3.05) is 18.9 Å². The molecule has 6 nitrogen and oxygen atoms in total. The Hall–Kier alpha value is -2.16. The van der Waals surface area contributed by atoms with Crippen molar-refractivity contribution in [3.63, 3.8) is 0 Å². The van der Waals surface area contributed by atoms with Crippen molar-refractivity contribution in [3.8, 4) is 0 Å². The maximum Gasteiger partial charge on any atom is 0.272 e. The van der Waals surface area contributed by atoms with E-state index in [1.54, 1.807) is 4.57 Å². The molecule has 4 rings (SSSR count). The number of nitrogens with one attached hydrogen (secondary N) is 1. The molecular formula is C20H21N3O3S2. The molecule has 0 radical (unpaired) electrons. The highest BCUT2D eigenvalue weighted by atomic mass is 32.2. The summed E-state index contributed by atoms with van der Waals surface area (Å²) in [7, 11) is 0. The van der Waals surface area contributed by atoms with Gasteiger partial charge in [-0.15, -0.1) is 11.3 Å². The Morgan fingerprint density at radius 2 is 2.18 bits per heavy atom. The molecule has 0 unspecified atom stereocenters. The minimum atomic E-state index is -0.0774. The Morgan fingerprint density at radius 1 is 1.32 bits per heavy atom. The van der Waals surface area contributed by atoms with Gasteiger partial charge in [0.05, 0.1) is 23.9 Å². The van der Waals surface area contributed by atoms with Crippen LogP contribution >= 0.6 is 23.1 Å². The standard InChI is InChI=1S/C20H21N3O3S2/c24-17(21-11-15-7-4-9-26-15)13-28-20-22-16-8-10-27-18(16)19(25)23(20)12-14-5-2-1-3-6-14/h1-3,5-6,8,10,15H,4,7,9,11-13H2,(H,21,24)/t15-/m1/s1. The van der Waals surface area contributed by atoms with Gasteiger partial charge in [0, 0.05) is 13.2 Å². The van der Waals surface area contributed by atoms with Crippen molar-refractivity contribution < 1.29 is 9.53 Å². The number of carbonyl (C=O) groups excluding carboxylic acids is 1. The first-order valence-electron chi connectivity index (χ1n) is 9.24. The summed E-state index contributed by atoms with van der Waals surface area (Å²) in [6.45, 7) is 1.74. The highest BCUT2D eigenvalue weighted by Crippen LogP contribution is 2.21. The summed E-state index contributed by atoms with van der Waals surface area (Å²) in [6, 6.07) is 11.6. The molecule has 1 saturated heterocycles. The lowest BCUT2D eigenvalue weighted by molar-refractivity contribution is -0.119. The van der Waals surface area contributed by atoms with E-state index in [9.17, 15) is 9.59 Å². The zero-order valence-electron chi connectivity index (χ0n) is 15.3. The average Bonchev–Trinajstić information content (AvgIpc) is 3.40. The topological polar surface area (TPSA) is 73.2 Å². The van der Waals surface area contributed by atoms with Crippen molar-refractivity contribution in [1.29, 1.82) is 0 Å². The first kappa shape index (κ1) is 19.2. The van der Waals surface area contributed by atoms with Crippen LogP contribution in [0.4, 0.5) is 0 Å². The zero-order valence-corrected chi connectivity index (χ0v) is 16.9. The van der Waals surface area contributed by atoms with Crippen LogP contribution in [-0.4, -0.2) is 40.5 Å². The maximum absolute atomic E-state index is 13.0. The van der Waals surface area contributed by atoms with Crippen LogP contribution in [0, 0.1) is 0 Å². The van der Waals surface area contributed by atoms with E-state index < -0.39 is 0 Å². The van der Waals surface area contributed by atoms with Crippen molar-refractivity contribution in [2.45, 2.75) is 30.6 Å². The lowest BCUT2D eigenvalue weighted by atomic mass is 10.2. The first-order chi connectivity index (χ1) is 13.7. The van der Waals surface area contributed by atoms with Crippen LogP contribution in [0.25, 0.3) is 10.2 Å². The molecule has 1 aliphatic rings. The molecule has 3 aromatic rings. The normalized spacial score (nSPS) is 16.5. The lowest BCUT2D eigenvalue weighted by Gasteiger charge is -2.13. The van der Waals surface area contributed by atoms with Crippen molar-refractivity contribution in [3.05, 3.63) is 57.7 Å². The monoisotopic (exact) mass is 415 g/mol. The number of hydrogen-bond donors (Lipinski definition) is 1. The van der Waals surface area contributed by atoms with Crippen LogP contribution in [-0.2, 0) is 16.1 Å². The molecule has 0 bridgehead atoms. The number of fused-ring (bicyclic) bond motifs is 1. The zero-order chi connectivity index (χ0) is 19.3. The van der Waals surface area contributed by atoms with Crippen LogP contribution in [0.2, 0.25) is 0 Å². The number of rotatable bonds is 7. The number of amides is 1. The molecule has 0 aliphatic carbocycles. The summed E-state index contributed by atoms with van der Waals surface area (Å²) in [5, 5.41) is 5.34. The molecule has 146 valence electrons. The van der Waals surface area contributed by atoms with Crippen molar-refractivity contribution in [1.82, 2.24) is 14.9 Å². The van der Waals surface area contributed by atoms with Crippen LogP contribution in [0.1, 0.15) is 18.4 Å². The number of nitrogens with zero attached hydrogens (tertiary/aromatic N) is 2. The summed E-state index contributed by atoms with van der Waals surface area (Å²) >= 11 is 2.69. The molecule has 3 heterocycles. The van der Waals surface area contributed by atoms with Crippen LogP contribution in [0.15, 0.2) is 51.7 Å². The van der Waals surface area contributed by atoms with E-state index in [1.807, 2.05) is 41.8 Å². The van der Waals surface area contributed by atoms with Gasteiger partial charge in [-0.2, -0.15) is 0 Å². The molecule has 0 spiro atoms. The Kier molecular flexibility index (Phi) is 6.09. The number of thioether (sulfide) groups is 1. The van der Waals surface area contributed by atoms with Gasteiger partial charge < -0.3 is 10.1 Å². The van der Waals surface area contributed by atoms with Gasteiger partial charge in [0.15, 0.2) is 5.16 Å². The van der Waals surface area contributed by atoms with Gasteiger partial charge in [0.25, 0.3) is 5.56 Å². The van der Waals surface area contributed by atoms with E-state index in [2.05, 4.69) is 10.3 Å². The van der Waals surface area contributed by atoms with E-state index in [0.29, 0.717) is 28.5 Å². The summed E-state index contributed by atoms with van der Waals surface area (Å²) in [6.07, 6.45) is 2.15. The minimum Gasteiger partial charge on any atom is -0.376 e. The molecule has 28 heavy (non-hydrogen) atoms. The van der Waals surface area contributed by atoms with Crippen LogP contribution < -0.4 is 10.9 Å². The molecule has 8 heteroatoms. The number of ether oxygens (including phenoxy) is 1. The van der Waals surface area contributed by atoms with Gasteiger partial charge in [-0.3, -0.25) is 14.2 Å². The number of benzene rings is 1. The minimum absolute atomic E-state index is 0.0638. The molecule has 1 atom stereocenters. The van der Waals surface area contributed by atoms with Gasteiger partial charge in [-0.1, -0.05) is 42.1 Å². The average molecular weight is 416 g/mol. The van der Waals surface area contributed by atoms with Gasteiger partial charge in [0.1, 0.15) is 4.70 Å². The highest BCUT2D eigenvalue weighted by Gasteiger charge is 2.17. The molecule has 1 aliphatic heterocycles. The molecule has 1 fully saturated rings. The maximum atomic E-state index is 13.0. The van der Waals surface area contributed by atoms with Gasteiger partial charge in [0.2, 0.25) is 5.91 Å². The number of thiophene rings is 1. The molecule has 2 aromatic heterocycles. The van der Waals surface area contributed by atoms with Gasteiger partial charge >= 0.3 is 0 Å². The summed E-state index contributed by atoms with van der Waals surface area (Å²) in [5.74, 6) is 0.135. The second-order valence-corrected chi connectivity index (χ2v) is 8.49. The first-order valence-corrected chi connectivity index (χ1v) is 11.1. The summed E-state index contributed by atoms with van der Waals surface area (Å²) in [5.41, 5.74) is 1.64. The lowest BCUT2D eigenvalue weighted by Crippen LogP contribution is -2.33. The van der Waals surface area contributed by atoms with E-state index >= 15 is 0 Å². The quantitative estimate of drug-likeness (QED) is 0.474. The smallest absolute Gasteiger partial charge is 0.272 e. The van der Waals surface area contributed by atoms with Crippen molar-refractivity contribution >= 4 is 39.2 Å². The fourth-order valence-electron chi connectivity index (χ4n) is 3.15. The molecule has 1 N–H and O–H groups in total. The molecule has 1 aromatic carbocycles. The van der Waals surface area contributed by atoms with E-state index in [4.69, 9.17) is 4.74 Å². The van der Waals surface area contributed by atoms with Crippen LogP contribution in [0.3, 0.4) is 0 Å². The molecule has 1 amide bonds. The predicted octanol–water partition coefficient (Wildman–Crippen LogP) is 2.89. The fourth-order valence-corrected chi connectivity index (χ4v) is 4.76. The number of carbonyl (C=O) groups is 1. The van der Waals surface area contributed by atoms with E-state index in [1.165, 1.54) is 23.1 Å². The summed E-state index contributed by atoms with van der Waals surface area (Å²) < 4.78 is 7.83.